The third-order valence-electron chi connectivity index (χ3n) is 5.56. The highest BCUT2D eigenvalue weighted by Crippen LogP contribution is 2.45. The molecule has 0 saturated heterocycles. The Balaban J connectivity index is 1.98. The molecule has 0 heterocycles. The first-order chi connectivity index (χ1) is 12.7. The number of aromatic hydroxyl groups is 2. The van der Waals surface area contributed by atoms with Crippen molar-refractivity contribution in [1.82, 2.24) is 0 Å². The van der Waals surface area contributed by atoms with Crippen molar-refractivity contribution in [1.29, 1.82) is 0 Å². The number of rotatable bonds is 0. The zero-order valence-electron chi connectivity index (χ0n) is 13.8. The fourth-order valence-corrected chi connectivity index (χ4v) is 4.44. The van der Waals surface area contributed by atoms with Crippen LogP contribution in [0.25, 0.3) is 53.9 Å². The van der Waals surface area contributed by atoms with E-state index < -0.39 is 0 Å². The van der Waals surface area contributed by atoms with Gasteiger partial charge in [0.25, 0.3) is 0 Å². The van der Waals surface area contributed by atoms with E-state index in [0.717, 1.165) is 48.5 Å². The molecular weight excluding hydrogens is 320 g/mol. The Labute approximate surface area is 148 Å². The smallest absolute Gasteiger partial charge is 0.131 e. The summed E-state index contributed by atoms with van der Waals surface area (Å²) < 4.78 is 0. The molecule has 0 aliphatic carbocycles. The molecule has 0 aliphatic heterocycles. The minimum atomic E-state index is 0.272. The quantitative estimate of drug-likeness (QED) is 0.253. The van der Waals surface area contributed by atoms with Crippen LogP contribution in [0.4, 0.5) is 0 Å². The predicted molar refractivity (Wildman–Crippen MR) is 108 cm³/mol. The highest BCUT2D eigenvalue weighted by Gasteiger charge is 2.16. The number of hydrogen-bond donors (Lipinski definition) is 2. The Kier molecular flexibility index (Phi) is 2.41. The molecule has 0 bridgehead atoms. The van der Waals surface area contributed by atoms with Gasteiger partial charge in [0.2, 0.25) is 0 Å². The second kappa shape index (κ2) is 4.55. The summed E-state index contributed by atoms with van der Waals surface area (Å²) in [5, 5.41) is 31.4. The van der Waals surface area contributed by atoms with Crippen molar-refractivity contribution in [3.8, 4) is 11.5 Å². The van der Waals surface area contributed by atoms with E-state index in [-0.39, 0.29) is 5.75 Å². The summed E-state index contributed by atoms with van der Waals surface area (Å²) >= 11 is 0. The molecule has 0 atom stereocenters. The van der Waals surface area contributed by atoms with Crippen molar-refractivity contribution in [3.63, 3.8) is 0 Å². The molecule has 0 aliphatic rings. The molecule has 0 saturated carbocycles. The number of fused-ring (bicyclic) bond motifs is 4. The van der Waals surface area contributed by atoms with Crippen molar-refractivity contribution in [2.75, 3.05) is 0 Å². The zero-order valence-corrected chi connectivity index (χ0v) is 13.8. The summed E-state index contributed by atoms with van der Waals surface area (Å²) in [6.45, 7) is 0. The van der Waals surface area contributed by atoms with Gasteiger partial charge in [-0.15, -0.1) is 0 Å². The molecule has 0 amide bonds. The summed E-state index contributed by atoms with van der Waals surface area (Å²) in [7, 11) is 0. The van der Waals surface area contributed by atoms with Gasteiger partial charge < -0.3 is 10.2 Å². The normalized spacial score (nSPS) is 12.2. The van der Waals surface area contributed by atoms with E-state index in [1.165, 1.54) is 5.39 Å². The minimum Gasteiger partial charge on any atom is -0.508 e. The lowest BCUT2D eigenvalue weighted by molar-refractivity contribution is 0.476. The first-order valence-electron chi connectivity index (χ1n) is 8.66. The standard InChI is InChI=1S/C24H14O2/c25-15-6-8-16-14(12-15)11-13-5-7-21-23-19(10-9-18(16)22(13)23)17-3-1-2-4-20(17)24(21)26/h1-12,25-26H. The van der Waals surface area contributed by atoms with Crippen LogP contribution in [-0.4, -0.2) is 10.2 Å². The van der Waals surface area contributed by atoms with Gasteiger partial charge in [-0.1, -0.05) is 48.5 Å². The Bertz CT molecular complexity index is 1500. The van der Waals surface area contributed by atoms with Crippen LogP contribution in [0.3, 0.4) is 0 Å². The molecule has 0 fully saturated rings. The van der Waals surface area contributed by atoms with Crippen LogP contribution in [0.2, 0.25) is 0 Å². The van der Waals surface area contributed by atoms with E-state index in [1.807, 2.05) is 30.3 Å². The maximum absolute atomic E-state index is 10.9. The molecule has 0 spiro atoms. The second-order valence-corrected chi connectivity index (χ2v) is 6.92. The van der Waals surface area contributed by atoms with Crippen molar-refractivity contribution in [3.05, 3.63) is 72.8 Å². The van der Waals surface area contributed by atoms with Crippen LogP contribution in [0.15, 0.2) is 72.8 Å². The van der Waals surface area contributed by atoms with Crippen molar-refractivity contribution < 1.29 is 10.2 Å². The third-order valence-corrected chi connectivity index (χ3v) is 5.56. The molecule has 122 valence electrons. The van der Waals surface area contributed by atoms with Gasteiger partial charge in [-0.3, -0.25) is 0 Å². The lowest BCUT2D eigenvalue weighted by Crippen LogP contribution is -1.88. The van der Waals surface area contributed by atoms with Gasteiger partial charge in [0.15, 0.2) is 0 Å². The second-order valence-electron chi connectivity index (χ2n) is 6.92. The van der Waals surface area contributed by atoms with Crippen LogP contribution in [0.1, 0.15) is 0 Å². The molecule has 2 nitrogen and oxygen atoms in total. The maximum Gasteiger partial charge on any atom is 0.131 e. The van der Waals surface area contributed by atoms with E-state index >= 15 is 0 Å². The molecule has 0 radical (unpaired) electrons. The lowest BCUT2D eigenvalue weighted by atomic mass is 9.88. The van der Waals surface area contributed by atoms with Crippen LogP contribution in [-0.2, 0) is 0 Å². The third kappa shape index (κ3) is 1.56. The number of benzene rings is 6. The average Bonchev–Trinajstić information content (AvgIpc) is 2.67. The molecule has 6 aromatic carbocycles. The van der Waals surface area contributed by atoms with Crippen molar-refractivity contribution in [2.24, 2.45) is 0 Å². The topological polar surface area (TPSA) is 40.5 Å². The van der Waals surface area contributed by atoms with Gasteiger partial charge in [0.1, 0.15) is 11.5 Å². The largest absolute Gasteiger partial charge is 0.508 e. The van der Waals surface area contributed by atoms with E-state index in [4.69, 9.17) is 0 Å². The van der Waals surface area contributed by atoms with Crippen LogP contribution in [0, 0.1) is 0 Å². The number of phenols is 2. The molecule has 0 aromatic heterocycles. The first-order valence-corrected chi connectivity index (χ1v) is 8.66. The summed E-state index contributed by atoms with van der Waals surface area (Å²) in [6.07, 6.45) is 0. The molecule has 2 heteroatoms. The lowest BCUT2D eigenvalue weighted by Gasteiger charge is -2.16. The molecule has 6 aromatic rings. The molecule has 2 N–H and O–H groups in total. The molecule has 0 unspecified atom stereocenters. The molecule has 26 heavy (non-hydrogen) atoms. The summed E-state index contributed by atoms with van der Waals surface area (Å²) in [6, 6.07) is 24.0. The zero-order chi connectivity index (χ0) is 17.4. The first kappa shape index (κ1) is 13.7. The highest BCUT2D eigenvalue weighted by atomic mass is 16.3. The van der Waals surface area contributed by atoms with Crippen molar-refractivity contribution >= 4 is 53.9 Å². The van der Waals surface area contributed by atoms with Crippen LogP contribution >= 0.6 is 0 Å². The fourth-order valence-electron chi connectivity index (χ4n) is 4.44. The van der Waals surface area contributed by atoms with Gasteiger partial charge >= 0.3 is 0 Å². The van der Waals surface area contributed by atoms with Gasteiger partial charge in [0.05, 0.1) is 0 Å². The molecular formula is C24H14O2. The summed E-state index contributed by atoms with van der Waals surface area (Å²) in [4.78, 5) is 0. The van der Waals surface area contributed by atoms with E-state index in [2.05, 4.69) is 30.3 Å². The Morgan fingerprint density at radius 3 is 2.00 bits per heavy atom. The Morgan fingerprint density at radius 1 is 0.462 bits per heavy atom. The predicted octanol–water partition coefficient (Wildman–Crippen LogP) is 6.30. The number of phenolic OH excluding ortho intramolecular Hbond substituents is 2. The van der Waals surface area contributed by atoms with Gasteiger partial charge in [-0.2, -0.15) is 0 Å². The summed E-state index contributed by atoms with van der Waals surface area (Å²) in [5.74, 6) is 0.613. The molecule has 6 rings (SSSR count). The van der Waals surface area contributed by atoms with Crippen LogP contribution < -0.4 is 0 Å². The monoisotopic (exact) mass is 334 g/mol. The van der Waals surface area contributed by atoms with Gasteiger partial charge in [0, 0.05) is 16.2 Å². The van der Waals surface area contributed by atoms with Gasteiger partial charge in [-0.25, -0.2) is 0 Å². The number of hydrogen-bond acceptors (Lipinski definition) is 2. The van der Waals surface area contributed by atoms with Gasteiger partial charge in [-0.05, 0) is 62.0 Å². The van der Waals surface area contributed by atoms with Crippen molar-refractivity contribution in [2.45, 2.75) is 0 Å². The van der Waals surface area contributed by atoms with E-state index in [9.17, 15) is 10.2 Å². The maximum atomic E-state index is 10.9. The highest BCUT2D eigenvalue weighted by molar-refractivity contribution is 6.34. The summed E-state index contributed by atoms with van der Waals surface area (Å²) in [5.41, 5.74) is 0. The average molecular weight is 334 g/mol. The Hall–Kier alpha value is -3.52. The Morgan fingerprint density at radius 2 is 1.15 bits per heavy atom. The SMILES string of the molecule is Oc1ccc2c(c1)cc1ccc3c(O)c4ccccc4c4ccc2c1c34. The van der Waals surface area contributed by atoms with E-state index in [1.54, 1.807) is 12.1 Å². The van der Waals surface area contributed by atoms with E-state index in [0.29, 0.717) is 5.75 Å². The minimum absolute atomic E-state index is 0.272. The van der Waals surface area contributed by atoms with Crippen LogP contribution in [0.5, 0.6) is 11.5 Å². The fraction of sp³-hybridized carbons (Fsp3) is 0.